The highest BCUT2D eigenvalue weighted by Gasteiger charge is 2.48. The van der Waals surface area contributed by atoms with Crippen LogP contribution in [0.5, 0.6) is 17.2 Å². The summed E-state index contributed by atoms with van der Waals surface area (Å²) in [4.78, 5) is 44.1. The summed E-state index contributed by atoms with van der Waals surface area (Å²) in [5, 5.41) is 19.8. The van der Waals surface area contributed by atoms with Gasteiger partial charge in [-0.1, -0.05) is 13.3 Å². The molecular weight excluding hydrogens is 506 g/mol. The molecule has 1 aromatic rings. The molecule has 1 unspecified atom stereocenters. The maximum Gasteiger partial charge on any atom is 0.308 e. The number of hydrogen-bond acceptors (Lipinski definition) is 8. The van der Waals surface area contributed by atoms with Crippen molar-refractivity contribution < 1.29 is 38.8 Å². The minimum absolute atomic E-state index is 0.00121. The molecule has 0 radical (unpaired) electrons. The van der Waals surface area contributed by atoms with Gasteiger partial charge in [0, 0.05) is 57.7 Å². The average Bonchev–Trinajstić information content (AvgIpc) is 3.65. The Hall–Kier alpha value is -3.05. The van der Waals surface area contributed by atoms with Crippen molar-refractivity contribution in [1.82, 2.24) is 14.7 Å². The second-order valence-corrected chi connectivity index (χ2v) is 10.5. The van der Waals surface area contributed by atoms with Gasteiger partial charge < -0.3 is 34.2 Å². The second-order valence-electron chi connectivity index (χ2n) is 10.5. The number of aliphatic hydroxyl groups excluding tert-OH is 1. The van der Waals surface area contributed by atoms with Crippen LogP contribution >= 0.6 is 0 Å². The predicted molar refractivity (Wildman–Crippen MR) is 142 cm³/mol. The number of carbonyl (C=O) groups excluding carboxylic acids is 2. The molecule has 3 heterocycles. The average molecular weight is 548 g/mol. The Balaban J connectivity index is 1.62. The zero-order chi connectivity index (χ0) is 27.9. The zero-order valence-electron chi connectivity index (χ0n) is 23.0. The fraction of sp³-hybridized carbons (Fsp3) is 0.679. The van der Waals surface area contributed by atoms with Gasteiger partial charge in [-0.05, 0) is 43.4 Å². The van der Waals surface area contributed by atoms with Crippen LogP contribution in [-0.2, 0) is 14.4 Å². The van der Waals surface area contributed by atoms with Gasteiger partial charge in [-0.2, -0.15) is 0 Å². The fourth-order valence-corrected chi connectivity index (χ4v) is 6.03. The molecule has 0 bridgehead atoms. The summed E-state index contributed by atoms with van der Waals surface area (Å²) in [5.41, 5.74) is 0.754. The zero-order valence-corrected chi connectivity index (χ0v) is 23.0. The van der Waals surface area contributed by atoms with E-state index in [1.54, 1.807) is 15.9 Å². The Bertz CT molecular complexity index is 1030. The normalized spacial score (nSPS) is 22.5. The Morgan fingerprint density at radius 3 is 2.67 bits per heavy atom. The summed E-state index contributed by atoms with van der Waals surface area (Å²) in [6.07, 6.45) is 4.08. The number of aliphatic hydroxyl groups is 1. The highest BCUT2D eigenvalue weighted by atomic mass is 16.7. The molecule has 11 nitrogen and oxygen atoms in total. The molecule has 3 aliphatic heterocycles. The fourth-order valence-electron chi connectivity index (χ4n) is 6.03. The van der Waals surface area contributed by atoms with Crippen molar-refractivity contribution in [2.75, 3.05) is 59.8 Å². The van der Waals surface area contributed by atoms with E-state index in [9.17, 15) is 24.6 Å². The molecule has 2 saturated heterocycles. The molecule has 11 heteroatoms. The third-order valence-corrected chi connectivity index (χ3v) is 8.07. The number of amides is 2. The van der Waals surface area contributed by atoms with Crippen LogP contribution in [0.25, 0.3) is 0 Å². The van der Waals surface area contributed by atoms with E-state index in [1.807, 2.05) is 11.0 Å². The van der Waals surface area contributed by atoms with Gasteiger partial charge in [-0.25, -0.2) is 0 Å². The molecule has 3 aliphatic rings. The molecule has 2 N–H and O–H groups in total. The van der Waals surface area contributed by atoms with Crippen LogP contribution in [0, 0.1) is 5.92 Å². The lowest BCUT2D eigenvalue weighted by molar-refractivity contribution is -0.144. The van der Waals surface area contributed by atoms with Crippen molar-refractivity contribution in [2.45, 2.75) is 57.4 Å². The lowest BCUT2D eigenvalue weighted by Crippen LogP contribution is -2.46. The molecule has 3 atom stereocenters. The maximum absolute atomic E-state index is 13.5. The predicted octanol–water partition coefficient (Wildman–Crippen LogP) is 1.92. The van der Waals surface area contributed by atoms with Crippen LogP contribution < -0.4 is 14.2 Å². The Labute approximate surface area is 229 Å². The number of carboxylic acid groups (broad SMARTS) is 1. The summed E-state index contributed by atoms with van der Waals surface area (Å²) < 4.78 is 16.6. The number of rotatable bonds is 14. The summed E-state index contributed by atoms with van der Waals surface area (Å²) >= 11 is 0. The minimum atomic E-state index is -0.938. The Morgan fingerprint density at radius 2 is 2.00 bits per heavy atom. The quantitative estimate of drug-likeness (QED) is 0.359. The third kappa shape index (κ3) is 6.58. The van der Waals surface area contributed by atoms with E-state index in [0.717, 1.165) is 24.8 Å². The van der Waals surface area contributed by atoms with Gasteiger partial charge in [-0.3, -0.25) is 19.3 Å². The number of carboxylic acids is 1. The number of ether oxygens (including phenoxy) is 3. The first-order valence-electron chi connectivity index (χ1n) is 14.0. The van der Waals surface area contributed by atoms with E-state index in [-0.39, 0.29) is 31.8 Å². The standard InChI is InChI=1S/C28H41N3O8/c1-3-4-9-29(11-6-13-32)25(34)17-31-16-20(19-14-22(37-2)27-23(15-19)38-18-39-27)26(28(35)36)21(31)8-12-30-10-5-7-24(30)33/h14-15,20-21,26,32H,3-13,16-18H2,1-2H3,(H,35,36)/t20?,21-,26+/m1/s1. The molecule has 0 aromatic heterocycles. The smallest absolute Gasteiger partial charge is 0.308 e. The first kappa shape index (κ1) is 28.9. The number of nitrogens with zero attached hydrogens (tertiary/aromatic N) is 3. The van der Waals surface area contributed by atoms with Gasteiger partial charge in [0.2, 0.25) is 24.4 Å². The number of fused-ring (bicyclic) bond motifs is 1. The lowest BCUT2D eigenvalue weighted by Gasteiger charge is -2.30. The molecule has 0 saturated carbocycles. The van der Waals surface area contributed by atoms with Crippen LogP contribution in [0.3, 0.4) is 0 Å². The van der Waals surface area contributed by atoms with Crippen LogP contribution in [0.2, 0.25) is 0 Å². The van der Waals surface area contributed by atoms with Gasteiger partial charge in [-0.15, -0.1) is 0 Å². The third-order valence-electron chi connectivity index (χ3n) is 8.07. The molecule has 1 aromatic carbocycles. The topological polar surface area (TPSA) is 129 Å². The number of likely N-dealkylation sites (tertiary alicyclic amines) is 2. The van der Waals surface area contributed by atoms with Crippen molar-refractivity contribution in [2.24, 2.45) is 5.92 Å². The van der Waals surface area contributed by atoms with Crippen molar-refractivity contribution in [3.8, 4) is 17.2 Å². The Kier molecular flexibility index (Phi) is 9.90. The van der Waals surface area contributed by atoms with Gasteiger partial charge >= 0.3 is 5.97 Å². The number of benzene rings is 1. The highest BCUT2D eigenvalue weighted by molar-refractivity contribution is 5.79. The number of carbonyl (C=O) groups is 3. The van der Waals surface area contributed by atoms with E-state index >= 15 is 0 Å². The molecule has 216 valence electrons. The first-order chi connectivity index (χ1) is 18.9. The van der Waals surface area contributed by atoms with Crippen LogP contribution in [0.1, 0.15) is 56.9 Å². The van der Waals surface area contributed by atoms with E-state index in [4.69, 9.17) is 14.2 Å². The summed E-state index contributed by atoms with van der Waals surface area (Å²) in [6.45, 7) is 4.77. The number of methoxy groups -OCH3 is 1. The number of unbranched alkanes of at least 4 members (excludes halogenated alkanes) is 1. The van der Waals surface area contributed by atoms with Crippen molar-refractivity contribution in [1.29, 1.82) is 0 Å². The molecule has 0 spiro atoms. The van der Waals surface area contributed by atoms with Gasteiger partial charge in [0.05, 0.1) is 19.6 Å². The molecule has 2 amide bonds. The van der Waals surface area contributed by atoms with Crippen LogP contribution in [-0.4, -0.2) is 109 Å². The minimum Gasteiger partial charge on any atom is -0.493 e. The van der Waals surface area contributed by atoms with E-state index in [0.29, 0.717) is 69.2 Å². The molecule has 2 fully saturated rings. The maximum atomic E-state index is 13.5. The number of aliphatic carboxylic acids is 1. The SMILES string of the molecule is CCCCN(CCCO)C(=O)CN1CC(c2cc(OC)c3c(c2)OCO3)[C@H](C(=O)O)[C@H]1CCN1CCCC1=O. The van der Waals surface area contributed by atoms with Gasteiger partial charge in [0.25, 0.3) is 0 Å². The summed E-state index contributed by atoms with van der Waals surface area (Å²) in [5.74, 6) is -0.641. The summed E-state index contributed by atoms with van der Waals surface area (Å²) in [7, 11) is 1.53. The molecule has 39 heavy (non-hydrogen) atoms. The largest absolute Gasteiger partial charge is 0.493 e. The molecule has 0 aliphatic carbocycles. The van der Waals surface area contributed by atoms with E-state index in [1.165, 1.54) is 7.11 Å². The van der Waals surface area contributed by atoms with Crippen molar-refractivity contribution in [3.63, 3.8) is 0 Å². The van der Waals surface area contributed by atoms with Gasteiger partial charge in [0.15, 0.2) is 11.5 Å². The van der Waals surface area contributed by atoms with E-state index in [2.05, 4.69) is 6.92 Å². The summed E-state index contributed by atoms with van der Waals surface area (Å²) in [6, 6.07) is 3.18. The van der Waals surface area contributed by atoms with Crippen molar-refractivity contribution >= 4 is 17.8 Å². The molecule has 4 rings (SSSR count). The van der Waals surface area contributed by atoms with E-state index < -0.39 is 23.8 Å². The lowest BCUT2D eigenvalue weighted by atomic mass is 9.84. The van der Waals surface area contributed by atoms with Crippen LogP contribution in [0.15, 0.2) is 12.1 Å². The van der Waals surface area contributed by atoms with Crippen molar-refractivity contribution in [3.05, 3.63) is 17.7 Å². The van der Waals surface area contributed by atoms with Gasteiger partial charge in [0.1, 0.15) is 0 Å². The second kappa shape index (κ2) is 13.3. The number of hydrogen-bond donors (Lipinski definition) is 2. The monoisotopic (exact) mass is 547 g/mol. The molecular formula is C28H41N3O8. The highest BCUT2D eigenvalue weighted by Crippen LogP contribution is 2.47. The Morgan fingerprint density at radius 1 is 1.21 bits per heavy atom. The van der Waals surface area contributed by atoms with Crippen LogP contribution in [0.4, 0.5) is 0 Å². The first-order valence-corrected chi connectivity index (χ1v) is 14.0.